The van der Waals surface area contributed by atoms with Gasteiger partial charge in [0.1, 0.15) is 6.04 Å². The van der Waals surface area contributed by atoms with Crippen LogP contribution in [0.1, 0.15) is 58.9 Å². The molecular weight excluding hydrogens is 284 g/mol. The summed E-state index contributed by atoms with van der Waals surface area (Å²) in [6.07, 6.45) is 0.300. The SMILES string of the molecule is CC(C)c1cccc2c1C(=O)N(C1CCC(=O)NC1=O)C2=O. The van der Waals surface area contributed by atoms with Crippen LogP contribution in [0, 0.1) is 0 Å². The fourth-order valence-electron chi connectivity index (χ4n) is 3.02. The Morgan fingerprint density at radius 2 is 1.86 bits per heavy atom. The molecule has 0 aromatic heterocycles. The van der Waals surface area contributed by atoms with Crippen molar-refractivity contribution in [2.24, 2.45) is 0 Å². The molecule has 1 atom stereocenters. The second kappa shape index (κ2) is 5.05. The Morgan fingerprint density at radius 3 is 2.50 bits per heavy atom. The van der Waals surface area contributed by atoms with Crippen LogP contribution in [0.2, 0.25) is 0 Å². The third-order valence-electron chi connectivity index (χ3n) is 4.12. The summed E-state index contributed by atoms with van der Waals surface area (Å²) in [7, 11) is 0. The van der Waals surface area contributed by atoms with Crippen LogP contribution in [0.5, 0.6) is 0 Å². The number of hydrogen-bond acceptors (Lipinski definition) is 4. The zero-order valence-corrected chi connectivity index (χ0v) is 12.4. The van der Waals surface area contributed by atoms with Gasteiger partial charge in [0, 0.05) is 6.42 Å². The number of rotatable bonds is 2. The fourth-order valence-corrected chi connectivity index (χ4v) is 3.02. The van der Waals surface area contributed by atoms with Crippen molar-refractivity contribution >= 4 is 23.6 Å². The predicted octanol–water partition coefficient (Wildman–Crippen LogP) is 1.21. The van der Waals surface area contributed by atoms with Crippen molar-refractivity contribution in [1.82, 2.24) is 10.2 Å². The quantitative estimate of drug-likeness (QED) is 0.832. The Kier molecular flexibility index (Phi) is 3.31. The van der Waals surface area contributed by atoms with Gasteiger partial charge in [0.15, 0.2) is 0 Å². The van der Waals surface area contributed by atoms with Crippen molar-refractivity contribution in [2.75, 3.05) is 0 Å². The molecule has 22 heavy (non-hydrogen) atoms. The maximum Gasteiger partial charge on any atom is 0.262 e. The maximum atomic E-state index is 12.7. The summed E-state index contributed by atoms with van der Waals surface area (Å²) in [6, 6.07) is 4.26. The lowest BCUT2D eigenvalue weighted by molar-refractivity contribution is -0.136. The van der Waals surface area contributed by atoms with Gasteiger partial charge in [-0.15, -0.1) is 0 Å². The summed E-state index contributed by atoms with van der Waals surface area (Å²) < 4.78 is 0. The minimum atomic E-state index is -0.912. The smallest absolute Gasteiger partial charge is 0.262 e. The van der Waals surface area contributed by atoms with Crippen LogP contribution in [0.4, 0.5) is 0 Å². The number of amides is 4. The Labute approximate surface area is 127 Å². The highest BCUT2D eigenvalue weighted by Gasteiger charge is 2.45. The lowest BCUT2D eigenvalue weighted by atomic mass is 9.94. The van der Waals surface area contributed by atoms with Crippen LogP contribution in [0.3, 0.4) is 0 Å². The molecule has 2 aliphatic rings. The predicted molar refractivity (Wildman–Crippen MR) is 77.2 cm³/mol. The van der Waals surface area contributed by atoms with E-state index in [1.165, 1.54) is 0 Å². The molecule has 1 saturated heterocycles. The first-order chi connectivity index (χ1) is 10.4. The molecule has 1 unspecified atom stereocenters. The van der Waals surface area contributed by atoms with Gasteiger partial charge in [-0.25, -0.2) is 0 Å². The van der Waals surface area contributed by atoms with E-state index in [1.807, 2.05) is 19.9 Å². The summed E-state index contributed by atoms with van der Waals surface area (Å²) >= 11 is 0. The average molecular weight is 300 g/mol. The first-order valence-corrected chi connectivity index (χ1v) is 7.26. The van der Waals surface area contributed by atoms with Crippen LogP contribution >= 0.6 is 0 Å². The van der Waals surface area contributed by atoms with E-state index in [1.54, 1.807) is 12.1 Å². The van der Waals surface area contributed by atoms with Gasteiger partial charge >= 0.3 is 0 Å². The molecule has 2 aliphatic heterocycles. The molecule has 1 aromatic rings. The summed E-state index contributed by atoms with van der Waals surface area (Å²) in [5.74, 6) is -1.78. The Morgan fingerprint density at radius 1 is 1.14 bits per heavy atom. The Hall–Kier alpha value is -2.50. The van der Waals surface area contributed by atoms with Crippen LogP contribution < -0.4 is 5.32 Å². The molecule has 0 bridgehead atoms. The highest BCUT2D eigenvalue weighted by atomic mass is 16.2. The first-order valence-electron chi connectivity index (χ1n) is 7.26. The molecule has 1 aromatic carbocycles. The van der Waals surface area contributed by atoms with Crippen LogP contribution in [0.15, 0.2) is 18.2 Å². The van der Waals surface area contributed by atoms with E-state index >= 15 is 0 Å². The van der Waals surface area contributed by atoms with Crippen LogP contribution in [-0.2, 0) is 9.59 Å². The number of carbonyl (C=O) groups excluding carboxylic acids is 4. The summed E-state index contributed by atoms with van der Waals surface area (Å²) in [4.78, 5) is 49.5. The minimum absolute atomic E-state index is 0.0911. The van der Waals surface area contributed by atoms with Crippen molar-refractivity contribution in [3.05, 3.63) is 34.9 Å². The molecule has 6 heteroatoms. The number of piperidine rings is 1. The van der Waals surface area contributed by atoms with Crippen molar-refractivity contribution < 1.29 is 19.2 Å². The summed E-state index contributed by atoms with van der Waals surface area (Å²) in [6.45, 7) is 3.89. The summed E-state index contributed by atoms with van der Waals surface area (Å²) in [5.41, 5.74) is 1.51. The molecule has 4 amide bonds. The van der Waals surface area contributed by atoms with Gasteiger partial charge in [-0.3, -0.25) is 29.4 Å². The van der Waals surface area contributed by atoms with E-state index in [0.29, 0.717) is 11.1 Å². The maximum absolute atomic E-state index is 12.7. The second-order valence-corrected chi connectivity index (χ2v) is 5.87. The highest BCUT2D eigenvalue weighted by Crippen LogP contribution is 2.32. The number of nitrogens with one attached hydrogen (secondary N) is 1. The van der Waals surface area contributed by atoms with Crippen LogP contribution in [0.25, 0.3) is 0 Å². The van der Waals surface area contributed by atoms with Gasteiger partial charge in [-0.1, -0.05) is 26.0 Å². The zero-order valence-electron chi connectivity index (χ0n) is 12.4. The van der Waals surface area contributed by atoms with Gasteiger partial charge in [0.2, 0.25) is 11.8 Å². The van der Waals surface area contributed by atoms with E-state index in [2.05, 4.69) is 5.32 Å². The number of imide groups is 2. The van der Waals surface area contributed by atoms with Gasteiger partial charge in [0.05, 0.1) is 11.1 Å². The van der Waals surface area contributed by atoms with E-state index in [-0.39, 0.29) is 24.7 Å². The van der Waals surface area contributed by atoms with E-state index in [4.69, 9.17) is 0 Å². The third-order valence-corrected chi connectivity index (χ3v) is 4.12. The molecule has 6 nitrogen and oxygen atoms in total. The number of hydrogen-bond donors (Lipinski definition) is 1. The minimum Gasteiger partial charge on any atom is -0.295 e. The topological polar surface area (TPSA) is 83.6 Å². The second-order valence-electron chi connectivity index (χ2n) is 5.87. The van der Waals surface area contributed by atoms with Gasteiger partial charge in [0.25, 0.3) is 11.8 Å². The zero-order chi connectivity index (χ0) is 16.0. The van der Waals surface area contributed by atoms with Gasteiger partial charge < -0.3 is 0 Å². The standard InChI is InChI=1S/C16H16N2O4/c1-8(2)9-4-3-5-10-13(9)16(22)18(15(10)21)11-6-7-12(19)17-14(11)20/h3-5,8,11H,6-7H2,1-2H3,(H,17,19,20). The fraction of sp³-hybridized carbons (Fsp3) is 0.375. The molecule has 0 saturated carbocycles. The lowest BCUT2D eigenvalue weighted by Gasteiger charge is -2.27. The monoisotopic (exact) mass is 300 g/mol. The molecule has 1 fully saturated rings. The van der Waals surface area contributed by atoms with Gasteiger partial charge in [-0.2, -0.15) is 0 Å². The molecule has 0 aliphatic carbocycles. The molecular formula is C16H16N2O4. The molecule has 3 rings (SSSR count). The number of benzene rings is 1. The van der Waals surface area contributed by atoms with Crippen LogP contribution in [-0.4, -0.2) is 34.6 Å². The molecule has 1 N–H and O–H groups in total. The third kappa shape index (κ3) is 2.03. The Bertz CT molecular complexity index is 708. The number of fused-ring (bicyclic) bond motifs is 1. The number of nitrogens with zero attached hydrogens (tertiary/aromatic N) is 1. The summed E-state index contributed by atoms with van der Waals surface area (Å²) in [5, 5.41) is 2.19. The van der Waals surface area contributed by atoms with Crippen molar-refractivity contribution in [3.63, 3.8) is 0 Å². The first kappa shape index (κ1) is 14.4. The van der Waals surface area contributed by atoms with Gasteiger partial charge in [-0.05, 0) is 24.0 Å². The number of carbonyl (C=O) groups is 4. The lowest BCUT2D eigenvalue weighted by Crippen LogP contribution is -2.54. The highest BCUT2D eigenvalue weighted by molar-refractivity contribution is 6.24. The van der Waals surface area contributed by atoms with E-state index in [0.717, 1.165) is 10.5 Å². The average Bonchev–Trinajstić information content (AvgIpc) is 2.72. The van der Waals surface area contributed by atoms with Crippen molar-refractivity contribution in [1.29, 1.82) is 0 Å². The molecule has 0 spiro atoms. The molecule has 114 valence electrons. The Balaban J connectivity index is 2.02. The van der Waals surface area contributed by atoms with Crippen molar-refractivity contribution in [3.8, 4) is 0 Å². The van der Waals surface area contributed by atoms with Crippen molar-refractivity contribution in [2.45, 2.75) is 38.6 Å². The largest absolute Gasteiger partial charge is 0.295 e. The normalized spacial score (nSPS) is 21.4. The molecule has 0 radical (unpaired) electrons. The molecule has 2 heterocycles. The van der Waals surface area contributed by atoms with E-state index in [9.17, 15) is 19.2 Å². The van der Waals surface area contributed by atoms with E-state index < -0.39 is 23.8 Å².